The zero-order chi connectivity index (χ0) is 36.2. The third-order valence-corrected chi connectivity index (χ3v) is 9.92. The Balaban J connectivity index is 1.20. The number of rotatable bonds is 7. The van der Waals surface area contributed by atoms with Crippen molar-refractivity contribution in [1.29, 1.82) is 0 Å². The molecule has 2 aliphatic heterocycles. The first-order valence-corrected chi connectivity index (χ1v) is 17.0. The number of halogens is 2. The molecule has 5 aromatic rings. The maximum absolute atomic E-state index is 15.4. The summed E-state index contributed by atoms with van der Waals surface area (Å²) in [6.07, 6.45) is 4.65. The molecule has 51 heavy (non-hydrogen) atoms. The second kappa shape index (κ2) is 13.3. The number of hydrogen-bond acceptors (Lipinski definition) is 9. The van der Waals surface area contributed by atoms with Gasteiger partial charge in [0, 0.05) is 61.5 Å². The lowest BCUT2D eigenvalue weighted by Crippen LogP contribution is -2.60. The molecule has 0 spiro atoms. The average molecular weight is 698 g/mol. The molecule has 7 rings (SSSR count). The third kappa shape index (κ3) is 6.52. The van der Waals surface area contributed by atoms with Gasteiger partial charge < -0.3 is 24.6 Å². The fourth-order valence-corrected chi connectivity index (χ4v) is 6.97. The number of fused-ring (bicyclic) bond motifs is 1. The maximum Gasteiger partial charge on any atom is 0.282 e. The van der Waals surface area contributed by atoms with Crippen molar-refractivity contribution in [3.63, 3.8) is 0 Å². The molecule has 0 amide bonds. The molecule has 1 atom stereocenters. The molecule has 2 aromatic carbocycles. The van der Waals surface area contributed by atoms with Crippen LogP contribution in [0.5, 0.6) is 0 Å². The van der Waals surface area contributed by atoms with E-state index in [1.54, 1.807) is 31.4 Å². The summed E-state index contributed by atoms with van der Waals surface area (Å²) in [5.74, 6) is -0.990. The van der Waals surface area contributed by atoms with Crippen molar-refractivity contribution in [2.24, 2.45) is 7.05 Å². The fraction of sp³-hybridized carbons (Fsp3) is 0.368. The number of piperazine rings is 1. The number of pyridine rings is 2. The van der Waals surface area contributed by atoms with Gasteiger partial charge in [-0.2, -0.15) is 9.78 Å². The molecule has 3 aromatic heterocycles. The highest BCUT2D eigenvalue weighted by atomic mass is 19.1. The molecule has 2 saturated heterocycles. The lowest BCUT2D eigenvalue weighted by atomic mass is 9.86. The smallest absolute Gasteiger partial charge is 0.282 e. The van der Waals surface area contributed by atoms with E-state index >= 15 is 8.78 Å². The van der Waals surface area contributed by atoms with Crippen LogP contribution in [0.3, 0.4) is 0 Å². The van der Waals surface area contributed by atoms with Gasteiger partial charge >= 0.3 is 0 Å². The van der Waals surface area contributed by atoms with Crippen LogP contribution in [0.2, 0.25) is 0 Å². The minimum Gasteiger partial charge on any atom is -0.392 e. The van der Waals surface area contributed by atoms with Crippen molar-refractivity contribution < 1.29 is 18.6 Å². The summed E-state index contributed by atoms with van der Waals surface area (Å²) in [6, 6.07) is 11.5. The second-order valence-electron chi connectivity index (χ2n) is 14.5. The van der Waals surface area contributed by atoms with Gasteiger partial charge in [0.2, 0.25) is 0 Å². The minimum atomic E-state index is -0.793. The van der Waals surface area contributed by atoms with E-state index < -0.39 is 23.8 Å². The second-order valence-corrected chi connectivity index (χ2v) is 14.5. The molecule has 0 saturated carbocycles. The first-order valence-electron chi connectivity index (χ1n) is 17.0. The quantitative estimate of drug-likeness (QED) is 0.246. The van der Waals surface area contributed by atoms with E-state index in [-0.39, 0.29) is 38.9 Å². The number of hydrogen-bond donors (Lipinski definition) is 2. The van der Waals surface area contributed by atoms with E-state index in [0.29, 0.717) is 34.4 Å². The number of aromatic nitrogens is 4. The van der Waals surface area contributed by atoms with E-state index in [2.05, 4.69) is 32.1 Å². The van der Waals surface area contributed by atoms with E-state index in [4.69, 9.17) is 4.74 Å². The van der Waals surface area contributed by atoms with Crippen molar-refractivity contribution in [2.75, 3.05) is 43.1 Å². The summed E-state index contributed by atoms with van der Waals surface area (Å²) in [5, 5.41) is 18.1. The highest BCUT2D eigenvalue weighted by Gasteiger charge is 2.33. The van der Waals surface area contributed by atoms with Gasteiger partial charge in [-0.15, -0.1) is 0 Å². The number of aryl methyl sites for hydroxylation is 1. The topological polar surface area (TPSA) is 118 Å². The SMILES string of the molecule is C[C@@H]1CN(c2ccc(Nc3cc(-c4cc(F)cc(-n5ncc6cc(C(C)(C)C)cc(F)c6c5=O)c4CO)cn(C)c3=O)nc2)CCN1C1COC1. The summed E-state index contributed by atoms with van der Waals surface area (Å²) in [4.78, 5) is 36.3. The van der Waals surface area contributed by atoms with Crippen LogP contribution in [-0.2, 0) is 23.8 Å². The van der Waals surface area contributed by atoms with Gasteiger partial charge in [0.1, 0.15) is 23.1 Å². The summed E-state index contributed by atoms with van der Waals surface area (Å²) in [6.45, 7) is 11.7. The monoisotopic (exact) mass is 697 g/mol. The highest BCUT2D eigenvalue weighted by Crippen LogP contribution is 2.32. The number of nitrogens with one attached hydrogen (secondary N) is 1. The van der Waals surface area contributed by atoms with Gasteiger partial charge in [-0.05, 0) is 59.9 Å². The van der Waals surface area contributed by atoms with Crippen LogP contribution in [0.1, 0.15) is 38.8 Å². The van der Waals surface area contributed by atoms with Gasteiger partial charge in [-0.1, -0.05) is 20.8 Å². The Hall–Kier alpha value is -4.98. The molecule has 2 aliphatic rings. The average Bonchev–Trinajstić information content (AvgIpc) is 3.06. The van der Waals surface area contributed by atoms with Crippen LogP contribution in [0, 0.1) is 11.6 Å². The molecule has 0 unspecified atom stereocenters. The van der Waals surface area contributed by atoms with Gasteiger partial charge in [0.15, 0.2) is 0 Å². The summed E-state index contributed by atoms with van der Waals surface area (Å²) >= 11 is 0. The van der Waals surface area contributed by atoms with E-state index in [1.165, 1.54) is 29.1 Å². The van der Waals surface area contributed by atoms with Gasteiger partial charge in [0.05, 0.1) is 55.0 Å². The van der Waals surface area contributed by atoms with Crippen molar-refractivity contribution in [1.82, 2.24) is 24.2 Å². The van der Waals surface area contributed by atoms with E-state index in [9.17, 15) is 14.7 Å². The van der Waals surface area contributed by atoms with Crippen LogP contribution in [0.25, 0.3) is 27.6 Å². The molecule has 5 heterocycles. The molecule has 0 aliphatic carbocycles. The lowest BCUT2D eigenvalue weighted by molar-refractivity contribution is -0.0792. The van der Waals surface area contributed by atoms with Crippen LogP contribution < -0.4 is 21.3 Å². The Labute approximate surface area is 293 Å². The normalized spacial score (nSPS) is 17.2. The number of benzene rings is 2. The number of aliphatic hydroxyl groups is 1. The maximum atomic E-state index is 15.4. The largest absolute Gasteiger partial charge is 0.392 e. The Bertz CT molecular complexity index is 2240. The lowest BCUT2D eigenvalue weighted by Gasteiger charge is -2.47. The van der Waals surface area contributed by atoms with Crippen molar-refractivity contribution in [3.8, 4) is 16.8 Å². The third-order valence-electron chi connectivity index (χ3n) is 9.92. The zero-order valence-electron chi connectivity index (χ0n) is 29.3. The summed E-state index contributed by atoms with van der Waals surface area (Å²) < 4.78 is 38.4. The Morgan fingerprint density at radius 1 is 1.02 bits per heavy atom. The number of anilines is 3. The Kier molecular flexibility index (Phi) is 8.98. The summed E-state index contributed by atoms with van der Waals surface area (Å²) in [7, 11) is 1.56. The van der Waals surface area contributed by atoms with Gasteiger partial charge in [-0.3, -0.25) is 14.5 Å². The first kappa shape index (κ1) is 34.5. The molecule has 2 N–H and O–H groups in total. The highest BCUT2D eigenvalue weighted by molar-refractivity contribution is 5.83. The van der Waals surface area contributed by atoms with Crippen molar-refractivity contribution >= 4 is 28.0 Å². The van der Waals surface area contributed by atoms with E-state index in [0.717, 1.165) is 49.3 Å². The molecule has 0 bridgehead atoms. The molecule has 0 radical (unpaired) electrons. The van der Waals surface area contributed by atoms with Crippen LogP contribution >= 0.6 is 0 Å². The molecular weight excluding hydrogens is 656 g/mol. The molecular formula is C38H41F2N7O4. The number of nitrogens with zero attached hydrogens (tertiary/aromatic N) is 6. The molecule has 11 nitrogen and oxygen atoms in total. The van der Waals surface area contributed by atoms with Crippen molar-refractivity contribution in [3.05, 3.63) is 105 Å². The predicted molar refractivity (Wildman–Crippen MR) is 193 cm³/mol. The Morgan fingerprint density at radius 2 is 1.80 bits per heavy atom. The molecule has 266 valence electrons. The van der Waals surface area contributed by atoms with Crippen molar-refractivity contribution in [2.45, 2.75) is 51.8 Å². The minimum absolute atomic E-state index is 0.0458. The van der Waals surface area contributed by atoms with E-state index in [1.807, 2.05) is 26.8 Å². The number of aliphatic hydroxyl groups excluding tert-OH is 1. The predicted octanol–water partition coefficient (Wildman–Crippen LogP) is 4.87. The zero-order valence-corrected chi connectivity index (χ0v) is 29.3. The standard InChI is InChI=1S/C38H41F2N7O4/c1-22-17-45(8-9-46(22)28-20-51-21-28)27-6-7-34(41-16-27)43-32-11-24(18-44(5)36(32)49)29-13-26(39)14-33(30(29)19-48)47-37(50)35-23(15-42-47)10-25(12-31(35)40)38(2,3)4/h6-7,10-16,18,22,28,48H,8-9,17,19-21H2,1-5H3,(H,41,43)/t22-/m1/s1. The fourth-order valence-electron chi connectivity index (χ4n) is 6.97. The van der Waals surface area contributed by atoms with Gasteiger partial charge in [-0.25, -0.2) is 13.8 Å². The molecule has 13 heteroatoms. The number of ether oxygens (including phenoxy) is 1. The van der Waals surface area contributed by atoms with Crippen LogP contribution in [0.15, 0.2) is 70.6 Å². The Morgan fingerprint density at radius 3 is 2.45 bits per heavy atom. The van der Waals surface area contributed by atoms with Crippen LogP contribution in [0.4, 0.5) is 26.0 Å². The first-order chi connectivity index (χ1) is 24.3. The van der Waals surface area contributed by atoms with Crippen LogP contribution in [-0.4, -0.2) is 74.3 Å². The van der Waals surface area contributed by atoms with Gasteiger partial charge in [0.25, 0.3) is 11.1 Å². The molecule has 2 fully saturated rings. The summed E-state index contributed by atoms with van der Waals surface area (Å²) in [5.41, 5.74) is 1.08.